The van der Waals surface area contributed by atoms with Gasteiger partial charge in [0.1, 0.15) is 0 Å². The lowest BCUT2D eigenvalue weighted by atomic mass is 9.80. The van der Waals surface area contributed by atoms with Gasteiger partial charge in [0.15, 0.2) is 0 Å². The Labute approximate surface area is 111 Å². The summed E-state index contributed by atoms with van der Waals surface area (Å²) in [6.45, 7) is 8.36. The molecule has 3 N–H and O–H groups in total. The topological polar surface area (TPSA) is 98.5 Å². The van der Waals surface area contributed by atoms with Crippen LogP contribution >= 0.6 is 0 Å². The Morgan fingerprint density at radius 3 is 2.11 bits per heavy atom. The Morgan fingerprint density at radius 2 is 1.78 bits per heavy atom. The Morgan fingerprint density at radius 1 is 1.28 bits per heavy atom. The average molecular weight is 276 g/mol. The van der Waals surface area contributed by atoms with E-state index in [0.717, 1.165) is 0 Å². The van der Waals surface area contributed by atoms with E-state index in [2.05, 4.69) is 5.32 Å². The van der Waals surface area contributed by atoms with Crippen LogP contribution in [0.5, 0.6) is 0 Å². The van der Waals surface area contributed by atoms with Gasteiger partial charge in [0.05, 0.1) is 29.4 Å². The predicted molar refractivity (Wildman–Crippen MR) is 72.2 cm³/mol. The molecule has 0 aliphatic rings. The van der Waals surface area contributed by atoms with Crippen molar-refractivity contribution in [2.75, 3.05) is 25.4 Å². The molecule has 0 saturated carbocycles. The second kappa shape index (κ2) is 6.34. The van der Waals surface area contributed by atoms with Gasteiger partial charge in [-0.1, -0.05) is 13.8 Å². The molecule has 0 bridgehead atoms. The van der Waals surface area contributed by atoms with E-state index in [4.69, 9.17) is 13.6 Å². The summed E-state index contributed by atoms with van der Waals surface area (Å²) in [7, 11) is 1.70. The summed E-state index contributed by atoms with van der Waals surface area (Å²) in [5.41, 5.74) is 4.57. The molecule has 0 saturated heterocycles. The molecular formula is C10H23BN3O3S-. The van der Waals surface area contributed by atoms with Crippen LogP contribution < -0.4 is 11.1 Å². The van der Waals surface area contributed by atoms with Crippen LogP contribution in [0.1, 0.15) is 27.7 Å². The zero-order valence-corrected chi connectivity index (χ0v) is 12.4. The Balaban J connectivity index is 4.35. The standard InChI is InChI=1S/C10H24BN3O3S/c1-9(2,11)14(7-8-18(15,16)17)6-5-13-10(3,4)12/h13H,5-8,12H2,1-4H3,(H,15,16,17)/p-1. The van der Waals surface area contributed by atoms with Crippen LogP contribution in [-0.4, -0.2) is 62.2 Å². The second-order valence-corrected chi connectivity index (χ2v) is 7.07. The van der Waals surface area contributed by atoms with Gasteiger partial charge >= 0.3 is 0 Å². The van der Waals surface area contributed by atoms with E-state index in [1.807, 2.05) is 13.8 Å². The largest absolute Gasteiger partial charge is 0.748 e. The summed E-state index contributed by atoms with van der Waals surface area (Å²) in [6.07, 6.45) is 0. The van der Waals surface area contributed by atoms with Crippen LogP contribution in [0.2, 0.25) is 0 Å². The number of hydrogen-bond donors (Lipinski definition) is 2. The fourth-order valence-electron chi connectivity index (χ4n) is 1.42. The van der Waals surface area contributed by atoms with E-state index in [1.165, 1.54) is 0 Å². The monoisotopic (exact) mass is 276 g/mol. The Kier molecular flexibility index (Phi) is 6.29. The van der Waals surface area contributed by atoms with Crippen molar-refractivity contribution in [1.29, 1.82) is 0 Å². The van der Waals surface area contributed by atoms with E-state index in [-0.39, 0.29) is 6.54 Å². The lowest BCUT2D eigenvalue weighted by molar-refractivity contribution is 0.193. The van der Waals surface area contributed by atoms with Gasteiger partial charge in [0.25, 0.3) is 0 Å². The smallest absolute Gasteiger partial charge is 0.0958 e. The number of rotatable bonds is 8. The average Bonchev–Trinajstić information content (AvgIpc) is 2.04. The summed E-state index contributed by atoms with van der Waals surface area (Å²) < 4.78 is 31.9. The van der Waals surface area contributed by atoms with Gasteiger partial charge in [-0.25, -0.2) is 8.42 Å². The van der Waals surface area contributed by atoms with E-state index in [0.29, 0.717) is 13.1 Å². The van der Waals surface area contributed by atoms with Gasteiger partial charge in [-0.2, -0.15) is 0 Å². The highest BCUT2D eigenvalue weighted by molar-refractivity contribution is 7.85. The van der Waals surface area contributed by atoms with Crippen LogP contribution in [0.4, 0.5) is 0 Å². The first-order chi connectivity index (χ1) is 7.81. The number of nitrogens with two attached hydrogens (primary N) is 1. The zero-order valence-electron chi connectivity index (χ0n) is 11.6. The molecule has 0 unspecified atom stereocenters. The predicted octanol–water partition coefficient (Wildman–Crippen LogP) is -0.977. The van der Waals surface area contributed by atoms with E-state index < -0.39 is 27.0 Å². The molecule has 6 nitrogen and oxygen atoms in total. The minimum absolute atomic E-state index is 0.113. The van der Waals surface area contributed by atoms with Crippen LogP contribution in [0.3, 0.4) is 0 Å². The van der Waals surface area contributed by atoms with E-state index in [9.17, 15) is 13.0 Å². The molecule has 18 heavy (non-hydrogen) atoms. The van der Waals surface area contributed by atoms with Crippen molar-refractivity contribution in [3.8, 4) is 0 Å². The molecule has 0 aromatic carbocycles. The minimum Gasteiger partial charge on any atom is -0.748 e. The summed E-state index contributed by atoms with van der Waals surface area (Å²) in [6, 6.07) is 0. The van der Waals surface area contributed by atoms with Crippen LogP contribution in [0, 0.1) is 0 Å². The van der Waals surface area contributed by atoms with Gasteiger partial charge in [-0.15, -0.1) is 0 Å². The molecule has 0 fully saturated rings. The first-order valence-electron chi connectivity index (χ1n) is 5.83. The first kappa shape index (κ1) is 17.9. The second-order valence-electron chi connectivity index (χ2n) is 5.55. The molecule has 2 radical (unpaired) electrons. The molecule has 0 amide bonds. The third-order valence-corrected chi connectivity index (χ3v) is 3.07. The lowest BCUT2D eigenvalue weighted by Gasteiger charge is -2.37. The third-order valence-electron chi connectivity index (χ3n) is 2.39. The van der Waals surface area contributed by atoms with E-state index in [1.54, 1.807) is 18.7 Å². The summed E-state index contributed by atoms with van der Waals surface area (Å²) >= 11 is 0. The molecule has 0 aliphatic carbocycles. The third kappa shape index (κ3) is 9.84. The molecule has 0 aromatic heterocycles. The number of hydrogen-bond acceptors (Lipinski definition) is 6. The van der Waals surface area contributed by atoms with Crippen molar-refractivity contribution < 1.29 is 13.0 Å². The maximum absolute atomic E-state index is 10.6. The summed E-state index contributed by atoms with van der Waals surface area (Å²) in [5, 5.41) is 3.07. The fraction of sp³-hybridized carbons (Fsp3) is 1.00. The minimum atomic E-state index is -4.23. The van der Waals surface area contributed by atoms with Crippen LogP contribution in [0.25, 0.3) is 0 Å². The first-order valence-corrected chi connectivity index (χ1v) is 7.40. The number of nitrogens with one attached hydrogen (secondary N) is 1. The molecule has 0 rings (SSSR count). The van der Waals surface area contributed by atoms with E-state index >= 15 is 0 Å². The van der Waals surface area contributed by atoms with Gasteiger partial charge in [0, 0.05) is 19.6 Å². The lowest BCUT2D eigenvalue weighted by Crippen LogP contribution is -2.53. The van der Waals surface area contributed by atoms with Gasteiger partial charge in [0.2, 0.25) is 0 Å². The quantitative estimate of drug-likeness (QED) is 0.336. The molecule has 0 atom stereocenters. The van der Waals surface area contributed by atoms with Gasteiger partial charge in [-0.05, 0) is 19.3 Å². The molecule has 106 valence electrons. The van der Waals surface area contributed by atoms with Gasteiger partial charge in [-0.3, -0.25) is 5.32 Å². The Hall–Kier alpha value is -0.145. The summed E-state index contributed by atoms with van der Waals surface area (Å²) in [4.78, 5) is 1.74. The van der Waals surface area contributed by atoms with Crippen LogP contribution in [-0.2, 0) is 10.1 Å². The van der Waals surface area contributed by atoms with Crippen molar-refractivity contribution >= 4 is 18.0 Å². The molecular weight excluding hydrogens is 253 g/mol. The van der Waals surface area contributed by atoms with Crippen molar-refractivity contribution in [1.82, 2.24) is 10.2 Å². The highest BCUT2D eigenvalue weighted by Gasteiger charge is 2.21. The van der Waals surface area contributed by atoms with Crippen LogP contribution in [0.15, 0.2) is 0 Å². The zero-order chi connectivity index (χ0) is 14.6. The molecule has 0 aliphatic heterocycles. The SMILES string of the molecule is [B]C(C)(C)N(CCNC(C)(C)N)CCS(=O)(=O)[O-]. The van der Waals surface area contributed by atoms with Gasteiger partial charge < -0.3 is 15.2 Å². The van der Waals surface area contributed by atoms with Crippen molar-refractivity contribution in [3.05, 3.63) is 0 Å². The van der Waals surface area contributed by atoms with Crippen molar-refractivity contribution in [2.24, 2.45) is 5.73 Å². The Bertz CT molecular complexity index is 346. The van der Waals surface area contributed by atoms with Crippen molar-refractivity contribution in [3.63, 3.8) is 0 Å². The normalized spacial score (nSPS) is 14.2. The molecule has 0 aromatic rings. The highest BCUT2D eigenvalue weighted by atomic mass is 32.2. The highest BCUT2D eigenvalue weighted by Crippen LogP contribution is 2.09. The fourth-order valence-corrected chi connectivity index (χ4v) is 1.87. The maximum Gasteiger partial charge on any atom is 0.0958 e. The van der Waals surface area contributed by atoms with Crippen molar-refractivity contribution in [2.45, 2.75) is 38.8 Å². The molecule has 8 heteroatoms. The summed E-state index contributed by atoms with van der Waals surface area (Å²) in [5.74, 6) is -0.445. The number of nitrogens with zero attached hydrogens (tertiary/aromatic N) is 1. The maximum atomic E-state index is 10.6. The molecule has 0 spiro atoms. The molecule has 0 heterocycles.